The molecule has 7 rings (SSSR count). The van der Waals surface area contributed by atoms with Crippen molar-refractivity contribution < 1.29 is 69.6 Å². The molecular formula is C43H72O14. The molecule has 0 radical (unpaired) electrons. The monoisotopic (exact) mass is 812 g/mol. The second kappa shape index (κ2) is 15.2. The number of methoxy groups -OCH3 is 1. The quantitative estimate of drug-likeness (QED) is 0.125. The number of fused-ring (bicyclic) bond motifs is 7. The molecule has 0 unspecified atom stereocenters. The van der Waals surface area contributed by atoms with Crippen LogP contribution in [0.1, 0.15) is 99.8 Å². The molecule has 0 amide bonds. The zero-order valence-corrected chi connectivity index (χ0v) is 35.2. The summed E-state index contributed by atoms with van der Waals surface area (Å²) < 4.78 is 30.6. The summed E-state index contributed by atoms with van der Waals surface area (Å²) in [5, 5.41) is 98.1. The summed E-state index contributed by atoms with van der Waals surface area (Å²) in [4.78, 5) is 0. The first-order chi connectivity index (χ1) is 26.6. The number of hydrogen-bond donors (Lipinski definition) is 9. The lowest BCUT2D eigenvalue weighted by molar-refractivity contribution is -0.368. The van der Waals surface area contributed by atoms with E-state index < -0.39 is 91.1 Å². The molecule has 0 bridgehead atoms. The number of allylic oxidation sites excluding steroid dienone is 1. The molecule has 14 nitrogen and oxygen atoms in total. The molecule has 0 aromatic heterocycles. The highest BCUT2D eigenvalue weighted by atomic mass is 16.7. The molecule has 14 heteroatoms. The zero-order valence-electron chi connectivity index (χ0n) is 35.2. The standard InChI is InChI=1S/C43H72O14/c1-21-29(48)34(57-36-32(51)31(50)30(49)25(18-44)55-36)33(52)37(54-21)56-28-10-11-39(4)26(40(28,5)19-45)9-12-41(6)35(39)24(53-8)15-22-23-16-38(2,3)13-14-43(23,20-46)27(47)17-42(22,41)7/h15,21,23-37,44-52H,9-14,16-20H2,1-8H3/t21-,23-,24-,25-,26+,27-,28+,29+,30-,31+,32-,33-,34+,35-,36+,37+,39+,40+,41-,42-,43-/m1/s1. The summed E-state index contributed by atoms with van der Waals surface area (Å²) in [7, 11) is 1.78. The Labute approximate surface area is 337 Å². The lowest BCUT2D eigenvalue weighted by Gasteiger charge is -2.73. The molecule has 7 aliphatic rings. The first kappa shape index (κ1) is 44.2. The van der Waals surface area contributed by atoms with Crippen LogP contribution < -0.4 is 0 Å². The van der Waals surface area contributed by atoms with E-state index in [1.54, 1.807) is 14.0 Å². The molecule has 0 aromatic carbocycles. The van der Waals surface area contributed by atoms with Gasteiger partial charge in [0, 0.05) is 23.9 Å². The van der Waals surface area contributed by atoms with E-state index >= 15 is 0 Å². The average molecular weight is 813 g/mol. The molecule has 328 valence electrons. The molecule has 6 fully saturated rings. The Hall–Kier alpha value is -0.820. The van der Waals surface area contributed by atoms with Crippen molar-refractivity contribution in [2.45, 2.75) is 180 Å². The largest absolute Gasteiger partial charge is 0.396 e. The molecule has 0 spiro atoms. The predicted molar refractivity (Wildman–Crippen MR) is 205 cm³/mol. The molecule has 9 N–H and O–H groups in total. The maximum Gasteiger partial charge on any atom is 0.187 e. The van der Waals surface area contributed by atoms with E-state index in [1.807, 2.05) is 6.92 Å². The van der Waals surface area contributed by atoms with Gasteiger partial charge in [-0.3, -0.25) is 0 Å². The van der Waals surface area contributed by atoms with E-state index in [1.165, 1.54) is 5.57 Å². The molecule has 4 saturated carbocycles. The Morgan fingerprint density at radius 1 is 0.737 bits per heavy atom. The van der Waals surface area contributed by atoms with Crippen molar-refractivity contribution in [3.05, 3.63) is 11.6 Å². The second-order valence-electron chi connectivity index (χ2n) is 21.0. The third-order valence-electron chi connectivity index (χ3n) is 17.7. The number of aliphatic hydroxyl groups is 9. The fourth-order valence-electron chi connectivity index (χ4n) is 14.0. The fraction of sp³-hybridized carbons (Fsp3) is 0.953. The van der Waals surface area contributed by atoms with Crippen LogP contribution in [-0.4, -0.2) is 153 Å². The molecular weight excluding hydrogens is 740 g/mol. The summed E-state index contributed by atoms with van der Waals surface area (Å²) in [6, 6.07) is 0. The third-order valence-corrected chi connectivity index (χ3v) is 17.7. The number of aliphatic hydroxyl groups excluding tert-OH is 9. The average Bonchev–Trinajstić information content (AvgIpc) is 3.16. The van der Waals surface area contributed by atoms with Crippen molar-refractivity contribution in [1.29, 1.82) is 0 Å². The van der Waals surface area contributed by atoms with E-state index in [0.717, 1.165) is 38.5 Å². The van der Waals surface area contributed by atoms with Crippen LogP contribution in [0.15, 0.2) is 11.6 Å². The van der Waals surface area contributed by atoms with Gasteiger partial charge in [0.2, 0.25) is 0 Å². The first-order valence-corrected chi connectivity index (χ1v) is 21.4. The Kier molecular flexibility index (Phi) is 11.8. The maximum absolute atomic E-state index is 12.1. The third kappa shape index (κ3) is 6.48. The summed E-state index contributed by atoms with van der Waals surface area (Å²) in [6.45, 7) is 14.4. The van der Waals surface area contributed by atoms with Gasteiger partial charge in [-0.2, -0.15) is 0 Å². The van der Waals surface area contributed by atoms with Crippen LogP contribution >= 0.6 is 0 Å². The second-order valence-corrected chi connectivity index (χ2v) is 21.0. The lowest BCUT2D eigenvalue weighted by Crippen LogP contribution is -2.70. The van der Waals surface area contributed by atoms with Crippen LogP contribution in [0, 0.1) is 50.2 Å². The van der Waals surface area contributed by atoms with E-state index in [0.29, 0.717) is 12.8 Å². The van der Waals surface area contributed by atoms with Gasteiger partial charge in [0.15, 0.2) is 12.6 Å². The highest BCUT2D eigenvalue weighted by Crippen LogP contribution is 2.76. The maximum atomic E-state index is 12.1. The van der Waals surface area contributed by atoms with Gasteiger partial charge in [0.1, 0.15) is 42.7 Å². The topological polar surface area (TPSA) is 228 Å². The minimum absolute atomic E-state index is 0.0303. The normalized spacial score (nSPS) is 56.1. The van der Waals surface area contributed by atoms with Crippen LogP contribution in [-0.2, 0) is 23.7 Å². The number of hydrogen-bond acceptors (Lipinski definition) is 14. The van der Waals surface area contributed by atoms with Crippen molar-refractivity contribution in [3.8, 4) is 0 Å². The highest BCUT2D eigenvalue weighted by molar-refractivity contribution is 5.37. The summed E-state index contributed by atoms with van der Waals surface area (Å²) in [5.41, 5.74) is -0.934. The number of ether oxygens (including phenoxy) is 5. The van der Waals surface area contributed by atoms with Gasteiger partial charge in [0.25, 0.3) is 0 Å². The van der Waals surface area contributed by atoms with E-state index in [-0.39, 0.29) is 58.7 Å². The minimum Gasteiger partial charge on any atom is -0.396 e. The van der Waals surface area contributed by atoms with Crippen molar-refractivity contribution in [3.63, 3.8) is 0 Å². The smallest absolute Gasteiger partial charge is 0.187 e. The van der Waals surface area contributed by atoms with E-state index in [4.69, 9.17) is 23.7 Å². The summed E-state index contributed by atoms with van der Waals surface area (Å²) >= 11 is 0. The Morgan fingerprint density at radius 2 is 1.42 bits per heavy atom. The predicted octanol–water partition coefficient (Wildman–Crippen LogP) is 1.39. The molecule has 2 heterocycles. The van der Waals surface area contributed by atoms with Crippen LogP contribution in [0.5, 0.6) is 0 Å². The number of rotatable bonds is 8. The molecule has 2 saturated heterocycles. The van der Waals surface area contributed by atoms with Gasteiger partial charge in [-0.15, -0.1) is 0 Å². The van der Waals surface area contributed by atoms with Gasteiger partial charge in [0.05, 0.1) is 44.2 Å². The van der Waals surface area contributed by atoms with E-state index in [2.05, 4.69) is 40.7 Å². The van der Waals surface area contributed by atoms with Gasteiger partial charge in [-0.05, 0) is 91.8 Å². The Balaban J connectivity index is 1.17. The molecule has 5 aliphatic carbocycles. The summed E-state index contributed by atoms with van der Waals surface area (Å²) in [6.07, 6.45) is -7.49. The molecule has 2 aliphatic heterocycles. The molecule has 0 aromatic rings. The summed E-state index contributed by atoms with van der Waals surface area (Å²) in [5.74, 6) is 0.0264. The first-order valence-electron chi connectivity index (χ1n) is 21.4. The van der Waals surface area contributed by atoms with Crippen LogP contribution in [0.4, 0.5) is 0 Å². The van der Waals surface area contributed by atoms with Crippen molar-refractivity contribution in [1.82, 2.24) is 0 Å². The van der Waals surface area contributed by atoms with Crippen molar-refractivity contribution in [2.75, 3.05) is 26.9 Å². The molecule has 21 atom stereocenters. The molecule has 57 heavy (non-hydrogen) atoms. The SMILES string of the molecule is CO[C@@H]1C=C2[C@H]3CC(C)(C)CC[C@]3(CO)[C@H](O)C[C@@]2(C)[C@]2(C)CC[C@@H]3[C@](C)(CO)[C@@H](O[C@@H]4O[C@H](C)[C@H](O)[C@H](O[C@@H]5O[C@H](CO)[C@@H](O)[C@H](O)[C@H]5O)[C@H]4O)CC[C@]3(C)[C@@H]12. The van der Waals surface area contributed by atoms with Crippen molar-refractivity contribution >= 4 is 0 Å². The van der Waals surface area contributed by atoms with Gasteiger partial charge in [-0.1, -0.05) is 53.2 Å². The van der Waals surface area contributed by atoms with Crippen LogP contribution in [0.3, 0.4) is 0 Å². The highest BCUT2D eigenvalue weighted by Gasteiger charge is 2.72. The zero-order chi connectivity index (χ0) is 41.8. The van der Waals surface area contributed by atoms with Gasteiger partial charge < -0.3 is 69.6 Å². The van der Waals surface area contributed by atoms with Gasteiger partial charge in [-0.25, -0.2) is 0 Å². The Morgan fingerprint density at radius 3 is 2.05 bits per heavy atom. The van der Waals surface area contributed by atoms with E-state index in [9.17, 15) is 46.0 Å². The van der Waals surface area contributed by atoms with Crippen LogP contribution in [0.2, 0.25) is 0 Å². The van der Waals surface area contributed by atoms with Gasteiger partial charge >= 0.3 is 0 Å². The van der Waals surface area contributed by atoms with Crippen LogP contribution in [0.25, 0.3) is 0 Å². The Bertz CT molecular complexity index is 1490. The fourth-order valence-corrected chi connectivity index (χ4v) is 14.0. The minimum atomic E-state index is -1.74. The lowest BCUT2D eigenvalue weighted by atomic mass is 9.32. The van der Waals surface area contributed by atoms with Crippen molar-refractivity contribution in [2.24, 2.45) is 50.2 Å².